The molecule has 1 heterocycles. The van der Waals surface area contributed by atoms with E-state index in [0.717, 1.165) is 9.35 Å². The summed E-state index contributed by atoms with van der Waals surface area (Å²) in [7, 11) is 0. The Kier molecular flexibility index (Phi) is 3.69. The van der Waals surface area contributed by atoms with Crippen LogP contribution in [0.5, 0.6) is 5.75 Å². The van der Waals surface area contributed by atoms with Crippen LogP contribution >= 0.6 is 43.2 Å². The quantitative estimate of drug-likeness (QED) is 0.847. The van der Waals surface area contributed by atoms with Crippen molar-refractivity contribution in [3.63, 3.8) is 0 Å². The zero-order valence-corrected chi connectivity index (χ0v) is 12.1. The minimum atomic E-state index is -0.297. The molecule has 0 bridgehead atoms. The fourth-order valence-electron chi connectivity index (χ4n) is 1.44. The summed E-state index contributed by atoms with van der Waals surface area (Å²) in [6.07, 6.45) is 0. The minimum absolute atomic E-state index is 0.198. The first kappa shape index (κ1) is 12.1. The Balaban J connectivity index is 2.48. The van der Waals surface area contributed by atoms with Gasteiger partial charge in [0, 0.05) is 14.9 Å². The molecule has 0 saturated heterocycles. The molecule has 1 aromatic carbocycles. The van der Waals surface area contributed by atoms with Crippen molar-refractivity contribution in [1.29, 1.82) is 0 Å². The van der Waals surface area contributed by atoms with Gasteiger partial charge in [0.1, 0.15) is 5.75 Å². The Morgan fingerprint density at radius 2 is 2.06 bits per heavy atom. The number of hydrogen-bond acceptors (Lipinski definition) is 3. The first-order chi connectivity index (χ1) is 7.59. The second kappa shape index (κ2) is 4.87. The maximum absolute atomic E-state index is 9.95. The SMILES string of the molecule is N[C@H](c1cccs1)c1cc(Br)cc(Br)c1O. The zero-order chi connectivity index (χ0) is 11.7. The number of aromatic hydroxyl groups is 1. The monoisotopic (exact) mass is 361 g/mol. The van der Waals surface area contributed by atoms with E-state index in [1.165, 1.54) is 0 Å². The number of phenolic OH excluding ortho intramolecular Hbond substituents is 1. The molecule has 0 saturated carbocycles. The number of nitrogens with two attached hydrogens (primary N) is 1. The molecule has 0 fully saturated rings. The molecule has 0 aliphatic heterocycles. The van der Waals surface area contributed by atoms with Gasteiger partial charge in [-0.15, -0.1) is 11.3 Å². The predicted octanol–water partition coefficient (Wildman–Crippen LogP) is 4.03. The molecule has 0 unspecified atom stereocenters. The van der Waals surface area contributed by atoms with E-state index in [1.54, 1.807) is 17.4 Å². The summed E-state index contributed by atoms with van der Waals surface area (Å²) in [5.41, 5.74) is 6.82. The normalized spacial score (nSPS) is 12.7. The first-order valence-corrected chi connectivity index (χ1v) is 7.03. The predicted molar refractivity (Wildman–Crippen MR) is 73.9 cm³/mol. The van der Waals surface area contributed by atoms with Crippen LogP contribution in [0.3, 0.4) is 0 Å². The Morgan fingerprint density at radius 3 is 2.69 bits per heavy atom. The third-order valence-electron chi connectivity index (χ3n) is 2.24. The van der Waals surface area contributed by atoms with Gasteiger partial charge in [0.15, 0.2) is 0 Å². The van der Waals surface area contributed by atoms with Crippen molar-refractivity contribution in [1.82, 2.24) is 0 Å². The van der Waals surface area contributed by atoms with Crippen LogP contribution in [0, 0.1) is 0 Å². The Hall–Kier alpha value is -0.360. The van der Waals surface area contributed by atoms with Gasteiger partial charge in [-0.05, 0) is 39.5 Å². The van der Waals surface area contributed by atoms with Crippen LogP contribution in [-0.4, -0.2) is 5.11 Å². The van der Waals surface area contributed by atoms with Crippen LogP contribution in [0.4, 0.5) is 0 Å². The van der Waals surface area contributed by atoms with Crippen molar-refractivity contribution in [2.45, 2.75) is 6.04 Å². The largest absolute Gasteiger partial charge is 0.506 e. The van der Waals surface area contributed by atoms with E-state index in [0.29, 0.717) is 10.0 Å². The third-order valence-corrected chi connectivity index (χ3v) is 4.26. The van der Waals surface area contributed by atoms with Gasteiger partial charge in [-0.1, -0.05) is 22.0 Å². The van der Waals surface area contributed by atoms with Crippen molar-refractivity contribution in [3.8, 4) is 5.75 Å². The van der Waals surface area contributed by atoms with E-state index in [2.05, 4.69) is 31.9 Å². The molecule has 16 heavy (non-hydrogen) atoms. The second-order valence-corrected chi connectivity index (χ2v) is 6.07. The Morgan fingerprint density at radius 1 is 1.31 bits per heavy atom. The highest BCUT2D eigenvalue weighted by Crippen LogP contribution is 2.37. The van der Waals surface area contributed by atoms with Gasteiger partial charge >= 0.3 is 0 Å². The molecule has 0 radical (unpaired) electrons. The molecule has 0 aliphatic rings. The van der Waals surface area contributed by atoms with Crippen molar-refractivity contribution >= 4 is 43.2 Å². The molecule has 2 aromatic rings. The topological polar surface area (TPSA) is 46.2 Å². The number of thiophene rings is 1. The van der Waals surface area contributed by atoms with Gasteiger partial charge in [0.05, 0.1) is 10.5 Å². The number of phenols is 1. The van der Waals surface area contributed by atoms with Gasteiger partial charge in [-0.25, -0.2) is 0 Å². The smallest absolute Gasteiger partial charge is 0.134 e. The van der Waals surface area contributed by atoms with E-state index in [4.69, 9.17) is 5.73 Å². The minimum Gasteiger partial charge on any atom is -0.506 e. The summed E-state index contributed by atoms with van der Waals surface area (Å²) in [5.74, 6) is 0.198. The summed E-state index contributed by atoms with van der Waals surface area (Å²) >= 11 is 8.26. The second-order valence-electron chi connectivity index (χ2n) is 3.32. The average Bonchev–Trinajstić information content (AvgIpc) is 2.75. The molecule has 5 heteroatoms. The lowest BCUT2D eigenvalue weighted by Gasteiger charge is -2.13. The highest BCUT2D eigenvalue weighted by atomic mass is 79.9. The van der Waals surface area contributed by atoms with E-state index in [1.807, 2.05) is 23.6 Å². The average molecular weight is 363 g/mol. The number of benzene rings is 1. The van der Waals surface area contributed by atoms with Crippen molar-refractivity contribution in [2.24, 2.45) is 5.73 Å². The number of halogens is 2. The molecule has 0 aliphatic carbocycles. The molecular formula is C11H9Br2NOS. The van der Waals surface area contributed by atoms with Crippen molar-refractivity contribution in [3.05, 3.63) is 49.0 Å². The summed E-state index contributed by atoms with van der Waals surface area (Å²) in [4.78, 5) is 1.03. The molecule has 2 rings (SSSR count). The standard InChI is InChI=1S/C11H9Br2NOS/c12-6-4-7(11(15)8(13)5-6)10(14)9-2-1-3-16-9/h1-5,10,15H,14H2/t10-/m0/s1. The molecule has 1 atom stereocenters. The lowest BCUT2D eigenvalue weighted by molar-refractivity contribution is 0.462. The van der Waals surface area contributed by atoms with Crippen LogP contribution in [0.1, 0.15) is 16.5 Å². The molecule has 84 valence electrons. The fourth-order valence-corrected chi connectivity index (χ4v) is 3.45. The van der Waals surface area contributed by atoms with Gasteiger partial charge in [-0.2, -0.15) is 0 Å². The summed E-state index contributed by atoms with van der Waals surface area (Å²) in [6.45, 7) is 0. The highest BCUT2D eigenvalue weighted by Gasteiger charge is 2.16. The molecule has 0 amide bonds. The van der Waals surface area contributed by atoms with Crippen LogP contribution in [0.25, 0.3) is 0 Å². The van der Waals surface area contributed by atoms with Gasteiger partial charge < -0.3 is 10.8 Å². The van der Waals surface area contributed by atoms with E-state index < -0.39 is 0 Å². The van der Waals surface area contributed by atoms with Crippen molar-refractivity contribution in [2.75, 3.05) is 0 Å². The van der Waals surface area contributed by atoms with Gasteiger partial charge in [0.2, 0.25) is 0 Å². The van der Waals surface area contributed by atoms with E-state index >= 15 is 0 Å². The van der Waals surface area contributed by atoms with E-state index in [9.17, 15) is 5.11 Å². The summed E-state index contributed by atoms with van der Waals surface area (Å²) < 4.78 is 1.53. The molecule has 3 N–H and O–H groups in total. The van der Waals surface area contributed by atoms with Crippen LogP contribution in [0.2, 0.25) is 0 Å². The zero-order valence-electron chi connectivity index (χ0n) is 8.15. The maximum atomic E-state index is 9.95. The van der Waals surface area contributed by atoms with E-state index in [-0.39, 0.29) is 11.8 Å². The summed E-state index contributed by atoms with van der Waals surface area (Å²) in [6, 6.07) is 7.24. The van der Waals surface area contributed by atoms with Crippen LogP contribution in [-0.2, 0) is 0 Å². The maximum Gasteiger partial charge on any atom is 0.134 e. The molecule has 1 aromatic heterocycles. The fraction of sp³-hybridized carbons (Fsp3) is 0.0909. The van der Waals surface area contributed by atoms with Gasteiger partial charge in [0.25, 0.3) is 0 Å². The molecular weight excluding hydrogens is 354 g/mol. The molecule has 2 nitrogen and oxygen atoms in total. The third kappa shape index (κ3) is 2.32. The Bertz CT molecular complexity index is 499. The lowest BCUT2D eigenvalue weighted by atomic mass is 10.1. The highest BCUT2D eigenvalue weighted by molar-refractivity contribution is 9.11. The van der Waals surface area contributed by atoms with Gasteiger partial charge in [-0.3, -0.25) is 0 Å². The number of hydrogen-bond donors (Lipinski definition) is 2. The van der Waals surface area contributed by atoms with Crippen LogP contribution < -0.4 is 5.73 Å². The number of rotatable bonds is 2. The first-order valence-electron chi connectivity index (χ1n) is 4.56. The Labute approximate surface area is 114 Å². The molecule has 0 spiro atoms. The van der Waals surface area contributed by atoms with Crippen molar-refractivity contribution < 1.29 is 5.11 Å². The lowest BCUT2D eigenvalue weighted by Crippen LogP contribution is -2.10. The summed E-state index contributed by atoms with van der Waals surface area (Å²) in [5, 5.41) is 11.9. The van der Waals surface area contributed by atoms with Crippen LogP contribution in [0.15, 0.2) is 38.6 Å².